The Kier molecular flexibility index (Phi) is 3.86. The highest BCUT2D eigenvalue weighted by atomic mass is 35.5. The highest BCUT2D eigenvalue weighted by molar-refractivity contribution is 6.53. The van der Waals surface area contributed by atoms with Gasteiger partial charge in [-0.2, -0.15) is 5.26 Å². The Morgan fingerprint density at radius 2 is 2.05 bits per heavy atom. The van der Waals surface area contributed by atoms with Gasteiger partial charge in [-0.1, -0.05) is 19.1 Å². The van der Waals surface area contributed by atoms with Gasteiger partial charge in [-0.3, -0.25) is 4.79 Å². The molecule has 0 aromatic rings. The molecule has 0 aromatic carbocycles. The molecule has 1 saturated carbocycles. The molecule has 0 aliphatic heterocycles. The van der Waals surface area contributed by atoms with Crippen LogP contribution in [0.5, 0.6) is 0 Å². The van der Waals surface area contributed by atoms with Gasteiger partial charge in [0.05, 0.1) is 0 Å². The van der Waals surface area contributed by atoms with E-state index in [1.54, 1.807) is 6.92 Å². The SMILES string of the molecule is CC1CC=CCC1C(C#N)OC(=O)C1(C)CC1(Cl)Cl. The fourth-order valence-corrected chi connectivity index (χ4v) is 3.16. The average Bonchev–Trinajstić information content (AvgIpc) is 2.88. The molecule has 0 heterocycles. The van der Waals surface area contributed by atoms with Crippen molar-refractivity contribution >= 4 is 29.2 Å². The van der Waals surface area contributed by atoms with Crippen LogP contribution in [0.25, 0.3) is 0 Å². The zero-order valence-electron chi connectivity index (χ0n) is 11.0. The first-order valence-electron chi connectivity index (χ1n) is 6.45. The Balaban J connectivity index is 2.03. The van der Waals surface area contributed by atoms with Gasteiger partial charge in [-0.05, 0) is 25.7 Å². The van der Waals surface area contributed by atoms with Crippen molar-refractivity contribution in [3.05, 3.63) is 12.2 Å². The van der Waals surface area contributed by atoms with Crippen molar-refractivity contribution in [1.82, 2.24) is 0 Å². The normalized spacial score (nSPS) is 37.2. The molecule has 2 aliphatic rings. The van der Waals surface area contributed by atoms with Gasteiger partial charge >= 0.3 is 5.97 Å². The molecule has 0 bridgehead atoms. The minimum absolute atomic E-state index is 0.0429. The van der Waals surface area contributed by atoms with Gasteiger partial charge in [0, 0.05) is 12.3 Å². The summed E-state index contributed by atoms with van der Waals surface area (Å²) in [6, 6.07) is 2.10. The first-order chi connectivity index (χ1) is 8.82. The number of allylic oxidation sites excluding steroid dienone is 2. The summed E-state index contributed by atoms with van der Waals surface area (Å²) in [4.78, 5) is 12.1. The summed E-state index contributed by atoms with van der Waals surface area (Å²) >= 11 is 11.9. The standard InChI is InChI=1S/C14H17Cl2NO2/c1-9-5-3-4-6-10(9)11(7-17)19-12(18)13(2)8-14(13,15)16/h3-4,9-11H,5-6,8H2,1-2H3. The van der Waals surface area contributed by atoms with Crippen molar-refractivity contribution in [3.63, 3.8) is 0 Å². The number of nitriles is 1. The number of hydrogen-bond acceptors (Lipinski definition) is 3. The highest BCUT2D eigenvalue weighted by Crippen LogP contribution is 2.64. The van der Waals surface area contributed by atoms with Crippen LogP contribution < -0.4 is 0 Å². The molecule has 0 radical (unpaired) electrons. The van der Waals surface area contributed by atoms with Crippen LogP contribution in [0.1, 0.15) is 33.1 Å². The van der Waals surface area contributed by atoms with E-state index in [2.05, 4.69) is 19.1 Å². The van der Waals surface area contributed by atoms with E-state index in [0.29, 0.717) is 12.3 Å². The maximum absolute atomic E-state index is 12.1. The van der Waals surface area contributed by atoms with Gasteiger partial charge in [0.25, 0.3) is 0 Å². The summed E-state index contributed by atoms with van der Waals surface area (Å²) in [6.45, 7) is 3.74. The predicted molar refractivity (Wildman–Crippen MR) is 73.7 cm³/mol. The number of carbonyl (C=O) groups is 1. The van der Waals surface area contributed by atoms with Crippen LogP contribution in [-0.4, -0.2) is 16.4 Å². The number of esters is 1. The van der Waals surface area contributed by atoms with Gasteiger partial charge in [0.1, 0.15) is 15.8 Å². The molecule has 4 unspecified atom stereocenters. The lowest BCUT2D eigenvalue weighted by Crippen LogP contribution is -2.34. The van der Waals surface area contributed by atoms with Crippen molar-refractivity contribution < 1.29 is 9.53 Å². The van der Waals surface area contributed by atoms with Crippen LogP contribution in [0, 0.1) is 28.6 Å². The van der Waals surface area contributed by atoms with E-state index in [-0.39, 0.29) is 5.92 Å². The molecule has 0 spiro atoms. The molecule has 0 N–H and O–H groups in total. The molecule has 104 valence electrons. The first-order valence-corrected chi connectivity index (χ1v) is 7.21. The zero-order chi connectivity index (χ0) is 14.3. The molecule has 0 saturated heterocycles. The van der Waals surface area contributed by atoms with Gasteiger partial charge < -0.3 is 4.74 Å². The fourth-order valence-electron chi connectivity index (χ4n) is 2.47. The van der Waals surface area contributed by atoms with Crippen molar-refractivity contribution in [3.8, 4) is 6.07 Å². The number of halogens is 2. The smallest absolute Gasteiger partial charge is 0.316 e. The molecule has 1 fully saturated rings. The number of hydrogen-bond donors (Lipinski definition) is 0. The molecular weight excluding hydrogens is 285 g/mol. The summed E-state index contributed by atoms with van der Waals surface area (Å²) in [5.74, 6) is -0.0987. The van der Waals surface area contributed by atoms with Crippen molar-refractivity contribution in [1.29, 1.82) is 5.26 Å². The maximum atomic E-state index is 12.1. The minimum atomic E-state index is -1.05. The number of carbonyl (C=O) groups excluding carboxylic acids is 1. The van der Waals surface area contributed by atoms with E-state index < -0.39 is 21.8 Å². The second kappa shape index (κ2) is 5.00. The van der Waals surface area contributed by atoms with Crippen molar-refractivity contribution in [2.24, 2.45) is 17.3 Å². The molecule has 0 amide bonds. The second-order valence-corrected chi connectivity index (χ2v) is 7.24. The molecule has 19 heavy (non-hydrogen) atoms. The molecule has 3 nitrogen and oxygen atoms in total. The van der Waals surface area contributed by atoms with Crippen LogP contribution >= 0.6 is 23.2 Å². The monoisotopic (exact) mass is 301 g/mol. The van der Waals surface area contributed by atoms with Gasteiger partial charge in [-0.15, -0.1) is 23.2 Å². The Hall–Kier alpha value is -0.720. The Morgan fingerprint density at radius 1 is 1.47 bits per heavy atom. The largest absolute Gasteiger partial charge is 0.446 e. The predicted octanol–water partition coefficient (Wildman–Crippen LogP) is 3.61. The second-order valence-electron chi connectivity index (χ2n) is 5.75. The summed E-state index contributed by atoms with van der Waals surface area (Å²) in [5, 5.41) is 9.24. The Bertz CT molecular complexity index is 455. The third-order valence-electron chi connectivity index (χ3n) is 4.27. The number of rotatable bonds is 3. The van der Waals surface area contributed by atoms with Crippen LogP contribution in [0.4, 0.5) is 0 Å². The lowest BCUT2D eigenvalue weighted by molar-refractivity contribution is -0.155. The number of nitrogens with zero attached hydrogens (tertiary/aromatic N) is 1. The fraction of sp³-hybridized carbons (Fsp3) is 0.714. The van der Waals surface area contributed by atoms with Gasteiger partial charge in [0.15, 0.2) is 6.10 Å². The van der Waals surface area contributed by atoms with Crippen LogP contribution in [0.3, 0.4) is 0 Å². The summed E-state index contributed by atoms with van der Waals surface area (Å²) in [7, 11) is 0. The summed E-state index contributed by atoms with van der Waals surface area (Å²) in [5.41, 5.74) is -0.876. The highest BCUT2D eigenvalue weighted by Gasteiger charge is 2.69. The van der Waals surface area contributed by atoms with E-state index in [9.17, 15) is 10.1 Å². The van der Waals surface area contributed by atoms with E-state index >= 15 is 0 Å². The van der Waals surface area contributed by atoms with E-state index in [1.165, 1.54) is 0 Å². The van der Waals surface area contributed by atoms with Crippen molar-refractivity contribution in [2.75, 3.05) is 0 Å². The third-order valence-corrected chi connectivity index (χ3v) is 5.37. The Morgan fingerprint density at radius 3 is 2.53 bits per heavy atom. The van der Waals surface area contributed by atoms with Crippen LogP contribution in [0.2, 0.25) is 0 Å². The molecule has 2 rings (SSSR count). The topological polar surface area (TPSA) is 50.1 Å². The van der Waals surface area contributed by atoms with E-state index in [1.807, 2.05) is 6.08 Å². The summed E-state index contributed by atoms with van der Waals surface area (Å²) in [6.07, 6.45) is 5.45. The van der Waals surface area contributed by atoms with E-state index in [4.69, 9.17) is 27.9 Å². The van der Waals surface area contributed by atoms with Crippen LogP contribution in [-0.2, 0) is 9.53 Å². The lowest BCUT2D eigenvalue weighted by Gasteiger charge is -2.29. The molecule has 0 aromatic heterocycles. The van der Waals surface area contributed by atoms with Gasteiger partial charge in [0.2, 0.25) is 0 Å². The first kappa shape index (κ1) is 14.7. The van der Waals surface area contributed by atoms with Crippen LogP contribution in [0.15, 0.2) is 12.2 Å². The van der Waals surface area contributed by atoms with Crippen molar-refractivity contribution in [2.45, 2.75) is 43.5 Å². The number of ether oxygens (including phenoxy) is 1. The lowest BCUT2D eigenvalue weighted by atomic mass is 9.81. The molecule has 2 aliphatic carbocycles. The van der Waals surface area contributed by atoms with E-state index in [0.717, 1.165) is 12.8 Å². The number of alkyl halides is 2. The average molecular weight is 302 g/mol. The molecule has 5 heteroatoms. The summed E-state index contributed by atoms with van der Waals surface area (Å²) < 4.78 is 4.32. The zero-order valence-corrected chi connectivity index (χ0v) is 12.5. The minimum Gasteiger partial charge on any atom is -0.446 e. The third kappa shape index (κ3) is 2.61. The molecule has 4 atom stereocenters. The quantitative estimate of drug-likeness (QED) is 0.454. The maximum Gasteiger partial charge on any atom is 0.316 e. The Labute approximate surface area is 123 Å². The molecular formula is C14H17Cl2NO2. The van der Waals surface area contributed by atoms with Gasteiger partial charge in [-0.25, -0.2) is 0 Å².